The summed E-state index contributed by atoms with van der Waals surface area (Å²) in [7, 11) is -3.86. The second-order valence-electron chi connectivity index (χ2n) is 10.7. The molecule has 44 heavy (non-hydrogen) atoms. The minimum absolute atomic E-state index is 0.0261. The summed E-state index contributed by atoms with van der Waals surface area (Å²) in [5, 5.41) is 2.34. The summed E-state index contributed by atoms with van der Waals surface area (Å²) in [5.41, 5.74) is 6.32. The second-order valence-corrected chi connectivity index (χ2v) is 12.6. The van der Waals surface area contributed by atoms with Gasteiger partial charge in [0.15, 0.2) is 5.78 Å². The molecule has 0 spiro atoms. The summed E-state index contributed by atoms with van der Waals surface area (Å²) < 4.78 is 29.4. The zero-order valence-corrected chi connectivity index (χ0v) is 24.2. The highest BCUT2D eigenvalue weighted by Gasteiger charge is 2.36. The number of para-hydroxylation sites is 3. The molecule has 0 bridgehead atoms. The van der Waals surface area contributed by atoms with Gasteiger partial charge in [-0.05, 0) is 59.7 Å². The lowest BCUT2D eigenvalue weighted by atomic mass is 9.91. The number of sulfone groups is 1. The summed E-state index contributed by atoms with van der Waals surface area (Å²) in [5.74, 6) is 6.47. The SMILES string of the molecule is O=C1c2ccccc2S(=O)(=O)c2cccc(-c3ccccc3C#Cc3ccccc3-n3c4ccccc4c4ccccc43)c21. The molecular formula is C39H23NO3S. The van der Waals surface area contributed by atoms with E-state index < -0.39 is 9.84 Å². The molecule has 5 heteroatoms. The Balaban J connectivity index is 1.30. The van der Waals surface area contributed by atoms with Gasteiger partial charge >= 0.3 is 0 Å². The molecule has 0 atom stereocenters. The Morgan fingerprint density at radius 2 is 1.00 bits per heavy atom. The molecule has 0 saturated heterocycles. The second kappa shape index (κ2) is 9.95. The molecule has 0 fully saturated rings. The van der Waals surface area contributed by atoms with Gasteiger partial charge < -0.3 is 4.57 Å². The molecule has 6 aromatic carbocycles. The fourth-order valence-electron chi connectivity index (χ4n) is 6.27. The van der Waals surface area contributed by atoms with Crippen molar-refractivity contribution in [1.29, 1.82) is 0 Å². The molecular weight excluding hydrogens is 563 g/mol. The van der Waals surface area contributed by atoms with Crippen LogP contribution in [-0.4, -0.2) is 18.8 Å². The van der Waals surface area contributed by atoms with Crippen molar-refractivity contribution in [2.45, 2.75) is 9.79 Å². The Bertz CT molecular complexity index is 2440. The summed E-state index contributed by atoms with van der Waals surface area (Å²) in [4.78, 5) is 13.8. The molecule has 2 heterocycles. The number of benzene rings is 6. The zero-order chi connectivity index (χ0) is 29.8. The van der Waals surface area contributed by atoms with Gasteiger partial charge in [0.1, 0.15) is 0 Å². The minimum atomic E-state index is -3.86. The fraction of sp³-hybridized carbons (Fsp3) is 0. The first-order valence-electron chi connectivity index (χ1n) is 14.2. The lowest BCUT2D eigenvalue weighted by Crippen LogP contribution is -2.21. The van der Waals surface area contributed by atoms with Gasteiger partial charge in [0, 0.05) is 33.0 Å². The van der Waals surface area contributed by atoms with Crippen molar-refractivity contribution < 1.29 is 13.2 Å². The predicted molar refractivity (Wildman–Crippen MR) is 174 cm³/mol. The number of hydrogen-bond donors (Lipinski definition) is 0. The molecule has 1 aliphatic heterocycles. The van der Waals surface area contributed by atoms with Crippen molar-refractivity contribution in [2.24, 2.45) is 0 Å². The Morgan fingerprint density at radius 3 is 1.75 bits per heavy atom. The van der Waals surface area contributed by atoms with E-state index in [9.17, 15) is 13.2 Å². The Morgan fingerprint density at radius 1 is 0.477 bits per heavy atom. The van der Waals surface area contributed by atoms with E-state index in [1.165, 1.54) is 22.9 Å². The number of carbonyl (C=O) groups excluding carboxylic acids is 1. The summed E-state index contributed by atoms with van der Waals surface area (Å²) in [6, 6.07) is 43.7. The molecule has 1 aromatic heterocycles. The first-order chi connectivity index (χ1) is 21.5. The quantitative estimate of drug-likeness (QED) is 0.192. The van der Waals surface area contributed by atoms with Crippen LogP contribution in [0.4, 0.5) is 0 Å². The van der Waals surface area contributed by atoms with Crippen LogP contribution in [-0.2, 0) is 9.84 Å². The molecule has 0 aliphatic carbocycles. The molecule has 0 saturated carbocycles. The van der Waals surface area contributed by atoms with Crippen LogP contribution >= 0.6 is 0 Å². The third-order valence-electron chi connectivity index (χ3n) is 8.24. The van der Waals surface area contributed by atoms with E-state index in [4.69, 9.17) is 0 Å². The predicted octanol–water partition coefficient (Wildman–Crippen LogP) is 8.23. The standard InChI is InChI=1S/C39H23NO3S/c41-39-32-17-6-10-22-36(32)44(42,43)37-23-11-18-31(38(37)39)28-14-3-1-12-26(28)24-25-27-13-2-7-19-33(27)40-34-20-8-4-15-29(34)30-16-5-9-21-35(30)40/h1-23H. The zero-order valence-electron chi connectivity index (χ0n) is 23.4. The van der Waals surface area contributed by atoms with Crippen LogP contribution in [0.3, 0.4) is 0 Å². The van der Waals surface area contributed by atoms with Crippen molar-refractivity contribution >= 4 is 37.4 Å². The third kappa shape index (κ3) is 3.86. The highest BCUT2D eigenvalue weighted by atomic mass is 32.2. The van der Waals surface area contributed by atoms with Crippen LogP contribution in [0.15, 0.2) is 149 Å². The van der Waals surface area contributed by atoms with Gasteiger partial charge in [-0.1, -0.05) is 103 Å². The van der Waals surface area contributed by atoms with Crippen LogP contribution in [0, 0.1) is 11.8 Å². The Labute approximate surface area is 254 Å². The molecule has 0 unspecified atom stereocenters. The Hall–Kier alpha value is -5.70. The van der Waals surface area contributed by atoms with E-state index in [0.717, 1.165) is 22.3 Å². The smallest absolute Gasteiger partial charge is 0.208 e. The number of fused-ring (bicyclic) bond motifs is 5. The number of nitrogens with zero attached hydrogens (tertiary/aromatic N) is 1. The number of aromatic nitrogens is 1. The maximum atomic E-state index is 13.8. The molecule has 4 nitrogen and oxygen atoms in total. The number of rotatable bonds is 2. The number of ketones is 1. The van der Waals surface area contributed by atoms with E-state index >= 15 is 0 Å². The van der Waals surface area contributed by atoms with Crippen molar-refractivity contribution in [2.75, 3.05) is 0 Å². The fourth-order valence-corrected chi connectivity index (χ4v) is 7.95. The minimum Gasteiger partial charge on any atom is -0.308 e. The molecule has 208 valence electrons. The van der Waals surface area contributed by atoms with Gasteiger partial charge in [0.05, 0.1) is 26.5 Å². The maximum absolute atomic E-state index is 13.8. The molecule has 0 radical (unpaired) electrons. The van der Waals surface area contributed by atoms with Gasteiger partial charge in [-0.2, -0.15) is 0 Å². The van der Waals surface area contributed by atoms with E-state index in [2.05, 4.69) is 58.9 Å². The highest BCUT2D eigenvalue weighted by molar-refractivity contribution is 7.91. The van der Waals surface area contributed by atoms with Crippen LogP contribution in [0.5, 0.6) is 0 Å². The van der Waals surface area contributed by atoms with E-state index in [0.29, 0.717) is 16.7 Å². The average Bonchev–Trinajstić information content (AvgIpc) is 3.41. The van der Waals surface area contributed by atoms with Gasteiger partial charge in [-0.25, -0.2) is 8.42 Å². The number of carbonyl (C=O) groups is 1. The molecule has 1 aliphatic rings. The average molecular weight is 586 g/mol. The lowest BCUT2D eigenvalue weighted by Gasteiger charge is -2.21. The van der Waals surface area contributed by atoms with Crippen LogP contribution in [0.1, 0.15) is 27.0 Å². The van der Waals surface area contributed by atoms with Gasteiger partial charge in [0.25, 0.3) is 0 Å². The summed E-state index contributed by atoms with van der Waals surface area (Å²) >= 11 is 0. The van der Waals surface area contributed by atoms with Gasteiger partial charge in [-0.15, -0.1) is 0 Å². The van der Waals surface area contributed by atoms with Crippen molar-refractivity contribution in [3.8, 4) is 28.7 Å². The normalized spacial score (nSPS) is 13.2. The first-order valence-corrected chi connectivity index (χ1v) is 15.7. The monoisotopic (exact) mass is 585 g/mol. The summed E-state index contributed by atoms with van der Waals surface area (Å²) in [6.45, 7) is 0. The van der Waals surface area contributed by atoms with Crippen LogP contribution in [0.25, 0.3) is 38.6 Å². The van der Waals surface area contributed by atoms with Crippen LogP contribution in [0.2, 0.25) is 0 Å². The van der Waals surface area contributed by atoms with E-state index in [1.54, 1.807) is 30.3 Å². The topological polar surface area (TPSA) is 56.1 Å². The molecule has 8 rings (SSSR count). The highest BCUT2D eigenvalue weighted by Crippen LogP contribution is 2.40. The van der Waals surface area contributed by atoms with Crippen molar-refractivity contribution in [1.82, 2.24) is 4.57 Å². The van der Waals surface area contributed by atoms with Gasteiger partial charge in [-0.3, -0.25) is 4.79 Å². The first kappa shape index (κ1) is 26.0. The lowest BCUT2D eigenvalue weighted by molar-refractivity contribution is 0.103. The largest absolute Gasteiger partial charge is 0.308 e. The van der Waals surface area contributed by atoms with Gasteiger partial charge in [0.2, 0.25) is 9.84 Å². The maximum Gasteiger partial charge on any atom is 0.208 e. The van der Waals surface area contributed by atoms with E-state index in [-0.39, 0.29) is 26.7 Å². The number of hydrogen-bond acceptors (Lipinski definition) is 3. The Kier molecular flexibility index (Phi) is 5.87. The van der Waals surface area contributed by atoms with Crippen molar-refractivity contribution in [3.05, 3.63) is 162 Å². The molecule has 0 amide bonds. The molecule has 0 N–H and O–H groups in total. The van der Waals surface area contributed by atoms with Crippen molar-refractivity contribution in [3.63, 3.8) is 0 Å². The summed E-state index contributed by atoms with van der Waals surface area (Å²) in [6.07, 6.45) is 0. The van der Waals surface area contributed by atoms with E-state index in [1.807, 2.05) is 54.6 Å². The molecule has 7 aromatic rings. The third-order valence-corrected chi connectivity index (χ3v) is 10.1. The van der Waals surface area contributed by atoms with Crippen LogP contribution < -0.4 is 0 Å².